The predicted octanol–water partition coefficient (Wildman–Crippen LogP) is 8.07. The standard InChI is InChI=1S/C30H8O3.C8H8O3.22H2/c1-3-4-5-6-7-8-9-10-11-12-13-14-15-16-17-18-19-20-21-22-27-33-29-25-23-28(24-26-29)30(31)32-2;1-11-8(10)6-2-4-7(9)5-3-6;;;;;;;;;;;;;;;;;;;;;;/h1,23-26H,2H3;2-5,9H,1H3;22*1H. The molecule has 0 radical (unpaired) electrons. The number of hydrogen-bond acceptors (Lipinski definition) is 6. The first-order chi connectivity index (χ1) is 21.5. The fourth-order valence-corrected chi connectivity index (χ4v) is 2.17. The van der Waals surface area contributed by atoms with Gasteiger partial charge in [-0.25, -0.2) is 9.59 Å². The number of methoxy groups -OCH3 is 2. The van der Waals surface area contributed by atoms with E-state index in [-0.39, 0.29) is 37.1 Å². The molecule has 44 heavy (non-hydrogen) atoms. The number of benzene rings is 2. The van der Waals surface area contributed by atoms with E-state index in [0.29, 0.717) is 16.9 Å². The molecule has 0 saturated carbocycles. The van der Waals surface area contributed by atoms with Crippen molar-refractivity contribution in [2.75, 3.05) is 14.2 Å². The fraction of sp³-hybridized carbons (Fsp3) is 0.0526. The van der Waals surface area contributed by atoms with E-state index in [0.717, 1.165) is 0 Å². The third kappa shape index (κ3) is 16.9. The summed E-state index contributed by atoms with van der Waals surface area (Å²) in [7, 11) is 2.62. The molecule has 0 bridgehead atoms. The number of aromatic hydroxyl groups is 1. The summed E-state index contributed by atoms with van der Waals surface area (Å²) >= 11 is 0. The minimum Gasteiger partial charge on any atom is -0.508 e. The number of terminal acetylenes is 1. The van der Waals surface area contributed by atoms with Crippen LogP contribution in [-0.2, 0) is 9.47 Å². The van der Waals surface area contributed by atoms with Crippen LogP contribution in [0.3, 0.4) is 0 Å². The molecule has 0 aromatic heterocycles. The topological polar surface area (TPSA) is 82.1 Å². The molecule has 0 atom stereocenters. The number of carbonyl (C=O) groups is 2. The van der Waals surface area contributed by atoms with Crippen LogP contribution in [0.4, 0.5) is 0 Å². The zero-order chi connectivity index (χ0) is 32.1. The maximum atomic E-state index is 11.3. The van der Waals surface area contributed by atoms with Crippen LogP contribution >= 0.6 is 0 Å². The molecule has 0 spiro atoms. The Morgan fingerprint density at radius 1 is 0.545 bits per heavy atom. The summed E-state index contributed by atoms with van der Waals surface area (Å²) < 4.78 is 14.2. The number of esters is 2. The number of carbonyl (C=O) groups excluding carboxylic acids is 2. The van der Waals surface area contributed by atoms with Gasteiger partial charge in [-0.2, -0.15) is 0 Å². The van der Waals surface area contributed by atoms with Gasteiger partial charge in [0.05, 0.1) is 25.3 Å². The van der Waals surface area contributed by atoms with Crippen molar-refractivity contribution in [3.63, 3.8) is 0 Å². The molecule has 0 aliphatic heterocycles. The van der Waals surface area contributed by atoms with E-state index in [9.17, 15) is 9.59 Å². The monoisotopic (exact) mass is 612 g/mol. The third-order valence-electron chi connectivity index (χ3n) is 3.98. The molecular weight excluding hydrogens is 552 g/mol. The molecule has 2 aromatic carbocycles. The van der Waals surface area contributed by atoms with Crippen LogP contribution in [0, 0.1) is 131 Å². The number of rotatable bonds is 3. The van der Waals surface area contributed by atoms with Crippen LogP contribution < -0.4 is 4.74 Å². The lowest BCUT2D eigenvalue weighted by atomic mass is 10.2. The maximum Gasteiger partial charge on any atom is 0.337 e. The number of ether oxygens (including phenoxy) is 3. The lowest BCUT2D eigenvalue weighted by Crippen LogP contribution is -2.00. The molecule has 248 valence electrons. The van der Waals surface area contributed by atoms with E-state index in [4.69, 9.17) is 16.3 Å². The van der Waals surface area contributed by atoms with Gasteiger partial charge < -0.3 is 19.3 Å². The molecule has 0 fully saturated rings. The van der Waals surface area contributed by atoms with Crippen LogP contribution in [0.2, 0.25) is 0 Å². The highest BCUT2D eigenvalue weighted by Gasteiger charge is 2.04. The van der Waals surface area contributed by atoms with Gasteiger partial charge in [-0.05, 0) is 95.9 Å². The zero-order valence-corrected chi connectivity index (χ0v) is 23.2. The van der Waals surface area contributed by atoms with Gasteiger partial charge in [0.25, 0.3) is 0 Å². The Hall–Kier alpha value is -7.86. The van der Waals surface area contributed by atoms with Crippen molar-refractivity contribution in [2.45, 2.75) is 0 Å². The predicted molar refractivity (Wildman–Crippen MR) is 211 cm³/mol. The summed E-state index contributed by atoms with van der Waals surface area (Å²) in [5.74, 6) is 48.8. The average molecular weight is 613 g/mol. The molecule has 6 nitrogen and oxygen atoms in total. The first-order valence-electron chi connectivity index (χ1n) is 11.7. The van der Waals surface area contributed by atoms with Crippen molar-refractivity contribution in [1.82, 2.24) is 0 Å². The fourth-order valence-electron chi connectivity index (χ4n) is 2.17. The molecule has 0 aliphatic rings. The minimum absolute atomic E-state index is 0. The highest BCUT2D eigenvalue weighted by Crippen LogP contribution is 2.12. The Balaban J connectivity index is -0.0000000264. The van der Waals surface area contributed by atoms with Crippen LogP contribution in [0.25, 0.3) is 0 Å². The minimum atomic E-state index is -0.429. The van der Waals surface area contributed by atoms with Crippen molar-refractivity contribution in [3.8, 4) is 142 Å². The van der Waals surface area contributed by atoms with Crippen molar-refractivity contribution < 1.29 is 60.3 Å². The van der Waals surface area contributed by atoms with Gasteiger partial charge in [-0.15, -0.1) is 6.42 Å². The van der Waals surface area contributed by atoms with Gasteiger partial charge in [0.2, 0.25) is 0 Å². The van der Waals surface area contributed by atoms with Gasteiger partial charge in [0.15, 0.2) is 0 Å². The van der Waals surface area contributed by atoms with Gasteiger partial charge in [-0.3, -0.25) is 0 Å². The lowest BCUT2D eigenvalue weighted by Gasteiger charge is -1.99. The summed E-state index contributed by atoms with van der Waals surface area (Å²) in [6, 6.07) is 12.2. The Kier molecular flexibility index (Phi) is 17.9. The van der Waals surface area contributed by atoms with E-state index in [2.05, 4.69) is 134 Å². The number of phenols is 1. The molecule has 0 saturated heterocycles. The van der Waals surface area contributed by atoms with Gasteiger partial charge in [-0.1, -0.05) is 0 Å². The summed E-state index contributed by atoms with van der Waals surface area (Å²) in [4.78, 5) is 22.1. The largest absolute Gasteiger partial charge is 0.508 e. The second kappa shape index (κ2) is 23.1. The van der Waals surface area contributed by atoms with Crippen molar-refractivity contribution in [1.29, 1.82) is 0 Å². The summed E-state index contributed by atoms with van der Waals surface area (Å²) in [5.41, 5.74) is 0.848. The number of hydrogen-bond donors (Lipinski definition) is 1. The van der Waals surface area contributed by atoms with E-state index in [1.54, 1.807) is 24.3 Å². The molecule has 6 heteroatoms. The SMILES string of the molecule is C#CC#CC#CC#CC#CC#CC#CC#CC#CC#CC#COc1ccc(C(=O)OC)cc1.COC(=O)c1ccc(O)cc1.[HH].[HH].[HH].[HH].[HH].[HH].[HH].[HH].[HH].[HH].[HH].[HH].[HH].[HH].[HH].[HH].[HH].[HH].[HH].[HH].[HH].[HH]. The van der Waals surface area contributed by atoms with Crippen LogP contribution in [0.5, 0.6) is 11.5 Å². The van der Waals surface area contributed by atoms with E-state index in [1.807, 2.05) is 0 Å². The van der Waals surface area contributed by atoms with Crippen LogP contribution in [-0.4, -0.2) is 31.3 Å². The Morgan fingerprint density at radius 3 is 1.20 bits per heavy atom. The quantitative estimate of drug-likeness (QED) is 0.279. The van der Waals surface area contributed by atoms with Crippen LogP contribution in [0.1, 0.15) is 52.1 Å². The second-order valence-corrected chi connectivity index (χ2v) is 6.78. The Morgan fingerprint density at radius 2 is 0.864 bits per heavy atom. The zero-order valence-electron chi connectivity index (χ0n) is 23.2. The number of phenolic OH excluding ortho intramolecular Hbond substituents is 1. The molecule has 1 N–H and O–H groups in total. The van der Waals surface area contributed by atoms with Crippen molar-refractivity contribution >= 4 is 11.9 Å². The molecule has 0 amide bonds. The summed E-state index contributed by atoms with van der Waals surface area (Å²) in [5, 5.41) is 8.86. The molecule has 0 unspecified atom stereocenters. The Labute approximate surface area is 289 Å². The molecule has 0 aliphatic carbocycles. The Bertz CT molecular complexity index is 2110. The van der Waals surface area contributed by atoms with Crippen molar-refractivity contribution in [2.24, 2.45) is 0 Å². The van der Waals surface area contributed by atoms with Gasteiger partial charge in [0, 0.05) is 102 Å². The lowest BCUT2D eigenvalue weighted by molar-refractivity contribution is 0.0592. The molecule has 2 aromatic rings. The summed E-state index contributed by atoms with van der Waals surface area (Å²) in [6.07, 6.45) is 7.33. The highest BCUT2D eigenvalue weighted by molar-refractivity contribution is 5.89. The maximum absolute atomic E-state index is 11.3. The molecule has 0 heterocycles. The van der Waals surface area contributed by atoms with Gasteiger partial charge in [0.1, 0.15) is 17.6 Å². The van der Waals surface area contributed by atoms with E-state index in [1.165, 1.54) is 38.5 Å². The molecule has 2 rings (SSSR count). The second-order valence-electron chi connectivity index (χ2n) is 6.78. The molecular formula is C38H60O6. The highest BCUT2D eigenvalue weighted by atomic mass is 16.5. The summed E-state index contributed by atoms with van der Waals surface area (Å²) in [6.45, 7) is 0. The van der Waals surface area contributed by atoms with E-state index < -0.39 is 11.9 Å². The van der Waals surface area contributed by atoms with E-state index >= 15 is 0 Å². The third-order valence-corrected chi connectivity index (χ3v) is 3.98. The first-order valence-corrected chi connectivity index (χ1v) is 11.7. The normalized spacial score (nSPS) is 6.66. The van der Waals surface area contributed by atoms with Gasteiger partial charge >= 0.3 is 11.9 Å². The average Bonchev–Trinajstić information content (AvgIpc) is 3.05. The first kappa shape index (κ1) is 34.2. The van der Waals surface area contributed by atoms with Crippen molar-refractivity contribution in [3.05, 3.63) is 59.7 Å². The van der Waals surface area contributed by atoms with Crippen LogP contribution in [0.15, 0.2) is 48.5 Å². The smallest absolute Gasteiger partial charge is 0.337 e.